The lowest BCUT2D eigenvalue weighted by molar-refractivity contribution is -0.384. The van der Waals surface area contributed by atoms with Gasteiger partial charge in [0.2, 0.25) is 0 Å². The van der Waals surface area contributed by atoms with Crippen LogP contribution in [0, 0.1) is 24.0 Å². The van der Waals surface area contributed by atoms with Crippen molar-refractivity contribution >= 4 is 70.1 Å². The number of aryl methyl sites for hydroxylation is 2. The van der Waals surface area contributed by atoms with Gasteiger partial charge in [-0.15, -0.1) is 0 Å². The molecule has 0 saturated carbocycles. The van der Waals surface area contributed by atoms with Gasteiger partial charge in [-0.2, -0.15) is 0 Å². The Kier molecular flexibility index (Phi) is 8.17. The van der Waals surface area contributed by atoms with Crippen molar-refractivity contribution in [3.63, 3.8) is 0 Å². The highest BCUT2D eigenvalue weighted by molar-refractivity contribution is 6.40. The molecule has 11 nitrogen and oxygen atoms in total. The number of amides is 5. The molecule has 0 unspecified atom stereocenters. The Morgan fingerprint density at radius 1 is 1.07 bits per heavy atom. The molecule has 1 fully saturated rings. The van der Waals surface area contributed by atoms with E-state index in [4.69, 9.17) is 27.9 Å². The molecule has 204 valence electrons. The lowest BCUT2D eigenvalue weighted by Gasteiger charge is -2.26. The molecule has 1 saturated heterocycles. The molecule has 2 N–H and O–H groups in total. The topological polar surface area (TPSA) is 148 Å². The third-order valence-electron chi connectivity index (χ3n) is 5.74. The molecule has 5 amide bonds. The van der Waals surface area contributed by atoms with Crippen molar-refractivity contribution in [3.05, 3.63) is 97.0 Å². The van der Waals surface area contributed by atoms with Gasteiger partial charge < -0.3 is 10.1 Å². The van der Waals surface area contributed by atoms with Crippen molar-refractivity contribution in [2.45, 2.75) is 13.8 Å². The predicted octanol–water partition coefficient (Wildman–Crippen LogP) is 5.20. The van der Waals surface area contributed by atoms with E-state index in [0.29, 0.717) is 10.6 Å². The largest absolute Gasteiger partial charge is 0.481 e. The minimum absolute atomic E-state index is 0.00560. The van der Waals surface area contributed by atoms with Crippen molar-refractivity contribution in [3.8, 4) is 5.75 Å². The molecule has 0 bridgehead atoms. The number of nitrogens with zero attached hydrogens (tertiary/aromatic N) is 2. The van der Waals surface area contributed by atoms with E-state index >= 15 is 0 Å². The lowest BCUT2D eigenvalue weighted by atomic mass is 10.1. The number of carbonyl (C=O) groups excluding carboxylic acids is 4. The number of hydrogen-bond donors (Lipinski definition) is 2. The average Bonchev–Trinajstić information content (AvgIpc) is 2.88. The summed E-state index contributed by atoms with van der Waals surface area (Å²) in [5, 5.41) is 15.9. The van der Waals surface area contributed by atoms with Crippen LogP contribution in [0.1, 0.15) is 16.7 Å². The second-order valence-electron chi connectivity index (χ2n) is 8.70. The predicted molar refractivity (Wildman–Crippen MR) is 149 cm³/mol. The Morgan fingerprint density at radius 3 is 2.42 bits per heavy atom. The van der Waals surface area contributed by atoms with E-state index < -0.39 is 40.9 Å². The summed E-state index contributed by atoms with van der Waals surface area (Å²) in [5.41, 5.74) is 1.89. The van der Waals surface area contributed by atoms with E-state index in [2.05, 4.69) is 5.32 Å². The zero-order valence-electron chi connectivity index (χ0n) is 21.0. The van der Waals surface area contributed by atoms with Crippen LogP contribution >= 0.6 is 23.2 Å². The molecule has 1 aliphatic rings. The molecule has 3 aromatic rings. The second kappa shape index (κ2) is 11.6. The van der Waals surface area contributed by atoms with Crippen molar-refractivity contribution < 1.29 is 28.8 Å². The van der Waals surface area contributed by atoms with Gasteiger partial charge in [-0.05, 0) is 55.3 Å². The Balaban J connectivity index is 1.53. The summed E-state index contributed by atoms with van der Waals surface area (Å²) >= 11 is 12.6. The third kappa shape index (κ3) is 6.11. The number of non-ortho nitro benzene ring substituents is 1. The highest BCUT2D eigenvalue weighted by Crippen LogP contribution is 2.35. The minimum atomic E-state index is -1.06. The van der Waals surface area contributed by atoms with Gasteiger partial charge in [-0.25, -0.2) is 9.69 Å². The second-order valence-corrected chi connectivity index (χ2v) is 9.52. The molecule has 0 aromatic heterocycles. The van der Waals surface area contributed by atoms with Crippen LogP contribution in [0.25, 0.3) is 6.08 Å². The van der Waals surface area contributed by atoms with E-state index in [0.717, 1.165) is 23.3 Å². The molecule has 0 spiro atoms. The standard InChI is InChI=1S/C27H20Cl2N4O7/c1-14-6-7-22(15(2)8-14)30-23(34)13-40-24-20(28)10-16(11-21(24)29)9-19-25(35)31-27(37)32(26(19)36)17-4-3-5-18(12-17)33(38)39/h3-12H,13H2,1-2H3,(H,30,34)(H,31,35,37)/b19-9-. The minimum Gasteiger partial charge on any atom is -0.481 e. The first-order valence-corrected chi connectivity index (χ1v) is 12.3. The van der Waals surface area contributed by atoms with Crippen molar-refractivity contribution in [1.82, 2.24) is 5.32 Å². The fourth-order valence-electron chi connectivity index (χ4n) is 3.88. The molecule has 13 heteroatoms. The van der Waals surface area contributed by atoms with Crippen LogP contribution in [0.15, 0.2) is 60.2 Å². The number of nitro benzene ring substituents is 1. The lowest BCUT2D eigenvalue weighted by Crippen LogP contribution is -2.54. The maximum Gasteiger partial charge on any atom is 0.335 e. The van der Waals surface area contributed by atoms with E-state index in [1.54, 1.807) is 6.07 Å². The highest BCUT2D eigenvalue weighted by Gasteiger charge is 2.37. The molecule has 1 aliphatic heterocycles. The van der Waals surface area contributed by atoms with E-state index in [9.17, 15) is 29.3 Å². The number of halogens is 2. The van der Waals surface area contributed by atoms with E-state index in [1.165, 1.54) is 30.3 Å². The Morgan fingerprint density at radius 2 is 1.77 bits per heavy atom. The van der Waals surface area contributed by atoms with Crippen LogP contribution in [0.2, 0.25) is 10.0 Å². The summed E-state index contributed by atoms with van der Waals surface area (Å²) in [6, 6.07) is 12.0. The van der Waals surface area contributed by atoms with Crippen molar-refractivity contribution in [2.75, 3.05) is 16.8 Å². The molecule has 4 rings (SSSR count). The maximum atomic E-state index is 13.1. The number of carbonyl (C=O) groups is 4. The Labute approximate surface area is 237 Å². The van der Waals surface area contributed by atoms with E-state index in [-0.39, 0.29) is 32.7 Å². The number of hydrogen-bond acceptors (Lipinski definition) is 7. The number of benzene rings is 3. The van der Waals surface area contributed by atoms with Crippen LogP contribution < -0.4 is 20.3 Å². The Hall–Kier alpha value is -4.74. The third-order valence-corrected chi connectivity index (χ3v) is 6.30. The number of ether oxygens (including phenoxy) is 1. The molecule has 1 heterocycles. The molecule has 0 radical (unpaired) electrons. The number of rotatable bonds is 7. The summed E-state index contributed by atoms with van der Waals surface area (Å²) in [4.78, 5) is 61.4. The summed E-state index contributed by atoms with van der Waals surface area (Å²) in [5.74, 6) is -2.42. The first-order chi connectivity index (χ1) is 18.9. The molecular weight excluding hydrogens is 563 g/mol. The molecule has 0 atom stereocenters. The quantitative estimate of drug-likeness (QED) is 0.168. The van der Waals surface area contributed by atoms with Crippen LogP contribution in [0.3, 0.4) is 0 Å². The van der Waals surface area contributed by atoms with Gasteiger partial charge in [-0.3, -0.25) is 29.8 Å². The van der Waals surface area contributed by atoms with Crippen molar-refractivity contribution in [2.24, 2.45) is 0 Å². The monoisotopic (exact) mass is 582 g/mol. The fourth-order valence-corrected chi connectivity index (χ4v) is 4.50. The Bertz CT molecular complexity index is 1600. The number of nitro groups is 1. The van der Waals surface area contributed by atoms with Crippen LogP contribution in [0.4, 0.5) is 21.9 Å². The molecule has 3 aromatic carbocycles. The fraction of sp³-hybridized carbons (Fsp3) is 0.111. The average molecular weight is 583 g/mol. The SMILES string of the molecule is Cc1ccc(NC(=O)COc2c(Cl)cc(/C=C3/C(=O)NC(=O)N(c4cccc([N+](=O)[O-])c4)C3=O)cc2Cl)c(C)c1. The number of barbiturate groups is 1. The van der Waals surface area contributed by atoms with Crippen LogP contribution in [-0.4, -0.2) is 35.3 Å². The van der Waals surface area contributed by atoms with Crippen molar-refractivity contribution in [1.29, 1.82) is 0 Å². The normalized spacial score (nSPS) is 14.2. The van der Waals surface area contributed by atoms with Gasteiger partial charge in [-0.1, -0.05) is 47.0 Å². The zero-order valence-corrected chi connectivity index (χ0v) is 22.5. The van der Waals surface area contributed by atoms with Crippen LogP contribution in [-0.2, 0) is 14.4 Å². The van der Waals surface area contributed by atoms with E-state index in [1.807, 2.05) is 31.3 Å². The number of nitrogens with one attached hydrogen (secondary N) is 2. The first kappa shape index (κ1) is 28.3. The smallest absolute Gasteiger partial charge is 0.335 e. The number of urea groups is 1. The van der Waals surface area contributed by atoms with Gasteiger partial charge >= 0.3 is 6.03 Å². The van der Waals surface area contributed by atoms with Gasteiger partial charge in [0.1, 0.15) is 5.57 Å². The molecule has 40 heavy (non-hydrogen) atoms. The zero-order chi connectivity index (χ0) is 29.1. The number of imide groups is 2. The summed E-state index contributed by atoms with van der Waals surface area (Å²) in [6.45, 7) is 3.41. The van der Waals surface area contributed by atoms with Gasteiger partial charge in [0.05, 0.1) is 20.7 Å². The molecule has 0 aliphatic carbocycles. The molecular formula is C27H20Cl2N4O7. The summed E-state index contributed by atoms with van der Waals surface area (Å²) in [6.07, 6.45) is 1.16. The van der Waals surface area contributed by atoms with Gasteiger partial charge in [0, 0.05) is 17.8 Å². The maximum absolute atomic E-state index is 13.1. The van der Waals surface area contributed by atoms with Gasteiger partial charge in [0.15, 0.2) is 12.4 Å². The first-order valence-electron chi connectivity index (χ1n) is 11.6. The number of anilines is 2. The highest BCUT2D eigenvalue weighted by atomic mass is 35.5. The summed E-state index contributed by atoms with van der Waals surface area (Å²) < 4.78 is 5.52. The van der Waals surface area contributed by atoms with Gasteiger partial charge in [0.25, 0.3) is 23.4 Å². The van der Waals surface area contributed by atoms with Crippen LogP contribution in [0.5, 0.6) is 5.75 Å². The summed E-state index contributed by atoms with van der Waals surface area (Å²) in [7, 11) is 0.